The Balaban J connectivity index is 2.06. The molecule has 2 amide bonds. The highest BCUT2D eigenvalue weighted by Gasteiger charge is 2.36. The van der Waals surface area contributed by atoms with Crippen molar-refractivity contribution in [2.24, 2.45) is 7.05 Å². The standard InChI is InChI=1S/C13H20N4O2/c1-4-11-12(18)15-9(2)13(19)17(11)6-5-10-7-14-16(3)8-10/h7-9,11H,4-6H2,1-3H3,(H,15,18). The van der Waals surface area contributed by atoms with Gasteiger partial charge in [0.1, 0.15) is 12.1 Å². The summed E-state index contributed by atoms with van der Waals surface area (Å²) >= 11 is 0. The van der Waals surface area contributed by atoms with Gasteiger partial charge in [-0.25, -0.2) is 0 Å². The number of nitrogens with zero attached hydrogens (tertiary/aromatic N) is 3. The fraction of sp³-hybridized carbons (Fsp3) is 0.615. The average molecular weight is 264 g/mol. The molecule has 2 rings (SSSR count). The number of carbonyl (C=O) groups excluding carboxylic acids is 2. The van der Waals surface area contributed by atoms with Crippen molar-refractivity contribution in [1.82, 2.24) is 20.0 Å². The van der Waals surface area contributed by atoms with Crippen LogP contribution in [0.2, 0.25) is 0 Å². The summed E-state index contributed by atoms with van der Waals surface area (Å²) in [6.45, 7) is 4.20. The van der Waals surface area contributed by atoms with E-state index in [1.807, 2.05) is 20.2 Å². The van der Waals surface area contributed by atoms with Gasteiger partial charge in [0, 0.05) is 19.8 Å². The predicted molar refractivity (Wildman–Crippen MR) is 70.3 cm³/mol. The van der Waals surface area contributed by atoms with Crippen molar-refractivity contribution in [3.05, 3.63) is 18.0 Å². The lowest BCUT2D eigenvalue weighted by Crippen LogP contribution is -2.62. The zero-order chi connectivity index (χ0) is 14.0. The van der Waals surface area contributed by atoms with E-state index < -0.39 is 6.04 Å². The first-order chi connectivity index (χ1) is 9.02. The maximum Gasteiger partial charge on any atom is 0.245 e. The van der Waals surface area contributed by atoms with Gasteiger partial charge in [0.25, 0.3) is 0 Å². The lowest BCUT2D eigenvalue weighted by atomic mass is 10.0. The van der Waals surface area contributed by atoms with Crippen LogP contribution in [0.4, 0.5) is 0 Å². The molecule has 0 bridgehead atoms. The minimum atomic E-state index is -0.427. The topological polar surface area (TPSA) is 67.2 Å². The molecule has 1 aromatic rings. The van der Waals surface area contributed by atoms with E-state index in [2.05, 4.69) is 10.4 Å². The molecule has 0 radical (unpaired) electrons. The maximum absolute atomic E-state index is 12.2. The van der Waals surface area contributed by atoms with E-state index in [-0.39, 0.29) is 17.9 Å². The summed E-state index contributed by atoms with van der Waals surface area (Å²) in [5.74, 6) is -0.0591. The van der Waals surface area contributed by atoms with E-state index >= 15 is 0 Å². The van der Waals surface area contributed by atoms with E-state index in [9.17, 15) is 9.59 Å². The Morgan fingerprint density at radius 2 is 2.16 bits per heavy atom. The Hall–Kier alpha value is -1.85. The average Bonchev–Trinajstić information content (AvgIpc) is 2.78. The third-order valence-corrected chi connectivity index (χ3v) is 3.48. The molecule has 1 aromatic heterocycles. The number of aromatic nitrogens is 2. The molecule has 0 aromatic carbocycles. The van der Waals surface area contributed by atoms with Gasteiger partial charge in [-0.15, -0.1) is 0 Å². The Morgan fingerprint density at radius 3 is 2.74 bits per heavy atom. The van der Waals surface area contributed by atoms with Crippen molar-refractivity contribution >= 4 is 11.8 Å². The molecular weight excluding hydrogens is 244 g/mol. The zero-order valence-electron chi connectivity index (χ0n) is 11.6. The molecule has 1 aliphatic heterocycles. The molecule has 19 heavy (non-hydrogen) atoms. The second-order valence-corrected chi connectivity index (χ2v) is 4.96. The summed E-state index contributed by atoms with van der Waals surface area (Å²) in [5, 5.41) is 6.82. The molecule has 0 saturated carbocycles. The number of amides is 2. The van der Waals surface area contributed by atoms with Crippen LogP contribution in [0.5, 0.6) is 0 Å². The van der Waals surface area contributed by atoms with Crippen LogP contribution in [0.15, 0.2) is 12.4 Å². The predicted octanol–water partition coefficient (Wildman–Crippen LogP) is 0.0881. The summed E-state index contributed by atoms with van der Waals surface area (Å²) in [6, 6.07) is -0.774. The second kappa shape index (κ2) is 5.42. The number of carbonyl (C=O) groups is 2. The fourth-order valence-electron chi connectivity index (χ4n) is 2.44. The molecule has 1 fully saturated rings. The summed E-state index contributed by atoms with van der Waals surface area (Å²) in [5.41, 5.74) is 1.07. The second-order valence-electron chi connectivity index (χ2n) is 4.96. The van der Waals surface area contributed by atoms with Gasteiger partial charge in [0.2, 0.25) is 11.8 Å². The van der Waals surface area contributed by atoms with E-state index in [4.69, 9.17) is 0 Å². The van der Waals surface area contributed by atoms with Crippen LogP contribution in [-0.2, 0) is 23.1 Å². The number of piperazine rings is 1. The van der Waals surface area contributed by atoms with Crippen molar-refractivity contribution in [2.75, 3.05) is 6.54 Å². The number of hydrogen-bond donors (Lipinski definition) is 1. The minimum absolute atomic E-state index is 0.00431. The van der Waals surface area contributed by atoms with Gasteiger partial charge in [-0.1, -0.05) is 6.92 Å². The van der Waals surface area contributed by atoms with Gasteiger partial charge in [0.15, 0.2) is 0 Å². The van der Waals surface area contributed by atoms with Gasteiger partial charge in [-0.2, -0.15) is 5.10 Å². The van der Waals surface area contributed by atoms with Gasteiger partial charge in [-0.05, 0) is 25.3 Å². The Morgan fingerprint density at radius 1 is 1.42 bits per heavy atom. The van der Waals surface area contributed by atoms with Crippen molar-refractivity contribution in [3.8, 4) is 0 Å². The largest absolute Gasteiger partial charge is 0.343 e. The molecule has 2 atom stereocenters. The van der Waals surface area contributed by atoms with Crippen LogP contribution in [0.25, 0.3) is 0 Å². The molecule has 0 spiro atoms. The van der Waals surface area contributed by atoms with Crippen molar-refractivity contribution in [1.29, 1.82) is 0 Å². The van der Waals surface area contributed by atoms with Crippen LogP contribution < -0.4 is 5.32 Å². The molecular formula is C13H20N4O2. The third-order valence-electron chi connectivity index (χ3n) is 3.48. The van der Waals surface area contributed by atoms with Crippen LogP contribution in [0.3, 0.4) is 0 Å². The monoisotopic (exact) mass is 264 g/mol. The normalized spacial score (nSPS) is 23.6. The lowest BCUT2D eigenvalue weighted by molar-refractivity contribution is -0.148. The van der Waals surface area contributed by atoms with Crippen LogP contribution >= 0.6 is 0 Å². The molecule has 2 unspecified atom stereocenters. The van der Waals surface area contributed by atoms with Crippen molar-refractivity contribution in [3.63, 3.8) is 0 Å². The third kappa shape index (κ3) is 2.77. The van der Waals surface area contributed by atoms with E-state index in [1.165, 1.54) is 0 Å². The smallest absolute Gasteiger partial charge is 0.245 e. The highest BCUT2D eigenvalue weighted by molar-refractivity contribution is 5.96. The van der Waals surface area contributed by atoms with Gasteiger partial charge < -0.3 is 10.2 Å². The SMILES string of the molecule is CCC1C(=O)NC(C)C(=O)N1CCc1cnn(C)c1. The highest BCUT2D eigenvalue weighted by Crippen LogP contribution is 2.14. The molecule has 2 heterocycles. The quantitative estimate of drug-likeness (QED) is 0.838. The lowest BCUT2D eigenvalue weighted by Gasteiger charge is -2.37. The summed E-state index contributed by atoms with van der Waals surface area (Å²) in [7, 11) is 1.86. The first kappa shape index (κ1) is 13.6. The van der Waals surface area contributed by atoms with Crippen LogP contribution in [0, 0.1) is 0 Å². The van der Waals surface area contributed by atoms with Crippen molar-refractivity contribution < 1.29 is 9.59 Å². The van der Waals surface area contributed by atoms with E-state index in [0.717, 1.165) is 12.0 Å². The van der Waals surface area contributed by atoms with E-state index in [1.54, 1.807) is 22.7 Å². The van der Waals surface area contributed by atoms with Gasteiger partial charge in [-0.3, -0.25) is 14.3 Å². The summed E-state index contributed by atoms with van der Waals surface area (Å²) in [4.78, 5) is 25.7. The molecule has 6 nitrogen and oxygen atoms in total. The summed E-state index contributed by atoms with van der Waals surface area (Å²) in [6.07, 6.45) is 5.07. The Labute approximate surface area is 112 Å². The fourth-order valence-corrected chi connectivity index (χ4v) is 2.44. The maximum atomic E-state index is 12.2. The number of nitrogens with one attached hydrogen (secondary N) is 1. The molecule has 6 heteroatoms. The Kier molecular flexibility index (Phi) is 3.87. The van der Waals surface area contributed by atoms with Crippen LogP contribution in [-0.4, -0.2) is 45.1 Å². The number of rotatable bonds is 4. The van der Waals surface area contributed by atoms with Crippen molar-refractivity contribution in [2.45, 2.75) is 38.8 Å². The van der Waals surface area contributed by atoms with Gasteiger partial charge >= 0.3 is 0 Å². The van der Waals surface area contributed by atoms with Crippen LogP contribution in [0.1, 0.15) is 25.8 Å². The first-order valence-corrected chi connectivity index (χ1v) is 6.61. The number of aryl methyl sites for hydroxylation is 1. The number of hydrogen-bond acceptors (Lipinski definition) is 3. The van der Waals surface area contributed by atoms with E-state index in [0.29, 0.717) is 13.0 Å². The van der Waals surface area contributed by atoms with Gasteiger partial charge in [0.05, 0.1) is 6.20 Å². The zero-order valence-corrected chi connectivity index (χ0v) is 11.6. The molecule has 1 aliphatic rings. The molecule has 1 saturated heterocycles. The molecule has 1 N–H and O–H groups in total. The molecule has 104 valence electrons. The Bertz CT molecular complexity index is 483. The minimum Gasteiger partial charge on any atom is -0.343 e. The molecule has 0 aliphatic carbocycles. The summed E-state index contributed by atoms with van der Waals surface area (Å²) < 4.78 is 1.74. The first-order valence-electron chi connectivity index (χ1n) is 6.61. The highest BCUT2D eigenvalue weighted by atomic mass is 16.2.